The maximum absolute atomic E-state index is 13.9. The van der Waals surface area contributed by atoms with Gasteiger partial charge in [0.15, 0.2) is 0 Å². The molecule has 1 saturated heterocycles. The van der Waals surface area contributed by atoms with Crippen LogP contribution in [-0.4, -0.2) is 72.1 Å². The molecule has 12 heteroatoms. The second-order valence-corrected chi connectivity index (χ2v) is 22.0. The summed E-state index contributed by atoms with van der Waals surface area (Å²) in [6.45, 7) is 13.4. The third kappa shape index (κ3) is 10.7. The molecule has 3 heterocycles. The monoisotopic (exact) mass is 783 g/mol. The molecule has 1 amide bonds. The van der Waals surface area contributed by atoms with E-state index < -0.39 is 8.07 Å². The van der Waals surface area contributed by atoms with Gasteiger partial charge in [-0.3, -0.25) is 14.4 Å². The number of piperidine rings is 1. The van der Waals surface area contributed by atoms with Crippen LogP contribution in [0.1, 0.15) is 76.6 Å². The first-order valence-electron chi connectivity index (χ1n) is 19.0. The zero-order valence-electron chi connectivity index (χ0n) is 31.1. The van der Waals surface area contributed by atoms with E-state index in [1.54, 1.807) is 4.57 Å². The van der Waals surface area contributed by atoms with Gasteiger partial charge < -0.3 is 29.2 Å². The van der Waals surface area contributed by atoms with Crippen molar-refractivity contribution in [3.63, 3.8) is 0 Å². The number of nitrogens with one attached hydrogen (secondary N) is 2. The smallest absolute Gasteiger partial charge is 0.258 e. The maximum atomic E-state index is 13.9. The van der Waals surface area contributed by atoms with Crippen molar-refractivity contribution in [2.75, 3.05) is 38.2 Å². The Morgan fingerprint density at radius 2 is 1.90 bits per heavy atom. The van der Waals surface area contributed by atoms with E-state index in [0.29, 0.717) is 57.1 Å². The van der Waals surface area contributed by atoms with Gasteiger partial charge in [0.05, 0.1) is 31.1 Å². The summed E-state index contributed by atoms with van der Waals surface area (Å²) in [5, 5.41) is 9.17. The van der Waals surface area contributed by atoms with Gasteiger partial charge in [0.2, 0.25) is 5.91 Å². The molecule has 10 nitrogen and oxygen atoms in total. The van der Waals surface area contributed by atoms with Gasteiger partial charge in [-0.1, -0.05) is 61.4 Å². The van der Waals surface area contributed by atoms with E-state index in [9.17, 15) is 14.4 Å². The quantitative estimate of drug-likeness (QED) is 0.0675. The van der Waals surface area contributed by atoms with Gasteiger partial charge >= 0.3 is 0 Å². The minimum Gasteiger partial charge on any atom is -0.379 e. The number of aromatic nitrogens is 3. The molecule has 1 spiro atoms. The Labute approximate surface area is 312 Å². The molecular weight excluding hydrogens is 726 g/mol. The summed E-state index contributed by atoms with van der Waals surface area (Å²) in [6, 6.07) is 8.67. The molecule has 2 N–H and O–H groups in total. The van der Waals surface area contributed by atoms with Gasteiger partial charge in [-0.05, 0) is 80.2 Å². The second kappa shape index (κ2) is 18.4. The number of benzene rings is 1. The van der Waals surface area contributed by atoms with Gasteiger partial charge in [0, 0.05) is 62.5 Å². The summed E-state index contributed by atoms with van der Waals surface area (Å²) in [4.78, 5) is 44.1. The molecule has 1 aliphatic heterocycles. The Bertz CT molecular complexity index is 1680. The van der Waals surface area contributed by atoms with Crippen molar-refractivity contribution >= 4 is 46.5 Å². The zero-order valence-corrected chi connectivity index (χ0v) is 33.7. The number of pyridine rings is 1. The average Bonchev–Trinajstić information content (AvgIpc) is 3.63. The summed E-state index contributed by atoms with van der Waals surface area (Å²) in [7, 11) is -1.31. The molecule has 2 aromatic heterocycles. The van der Waals surface area contributed by atoms with E-state index in [4.69, 9.17) is 14.5 Å². The molecule has 51 heavy (non-hydrogen) atoms. The van der Waals surface area contributed by atoms with Gasteiger partial charge in [0.1, 0.15) is 18.3 Å². The Kier molecular flexibility index (Phi) is 14.3. The van der Waals surface area contributed by atoms with Crippen LogP contribution >= 0.6 is 15.9 Å². The number of nitrogens with zero attached hydrogens (tertiary/aromatic N) is 3. The molecule has 2 atom stereocenters. The molecule has 0 bridgehead atoms. The molecule has 2 fully saturated rings. The van der Waals surface area contributed by atoms with E-state index in [-0.39, 0.29) is 28.8 Å². The molecule has 1 aliphatic carbocycles. The molecule has 5 rings (SSSR count). The fraction of sp³-hybridized carbons (Fsp3) is 0.641. The van der Waals surface area contributed by atoms with Gasteiger partial charge in [0.25, 0.3) is 5.56 Å². The van der Waals surface area contributed by atoms with Crippen molar-refractivity contribution in [2.24, 2.45) is 11.3 Å². The Balaban J connectivity index is 1.42. The number of carbonyl (C=O) groups is 2. The first-order valence-corrected chi connectivity index (χ1v) is 23.8. The summed E-state index contributed by atoms with van der Waals surface area (Å²) in [6.07, 6.45) is 11.3. The van der Waals surface area contributed by atoms with Crippen molar-refractivity contribution in [3.8, 4) is 11.3 Å². The number of ketones is 1. The average molecular weight is 785 g/mol. The van der Waals surface area contributed by atoms with Crippen molar-refractivity contribution < 1.29 is 19.1 Å². The van der Waals surface area contributed by atoms with E-state index >= 15 is 0 Å². The summed E-state index contributed by atoms with van der Waals surface area (Å²) in [5.74, 6) is 1.25. The van der Waals surface area contributed by atoms with Crippen LogP contribution < -0.4 is 16.2 Å². The lowest BCUT2D eigenvalue weighted by molar-refractivity contribution is -0.124. The fourth-order valence-electron chi connectivity index (χ4n) is 7.27. The highest BCUT2D eigenvalue weighted by Crippen LogP contribution is 2.58. The number of amides is 1. The van der Waals surface area contributed by atoms with Crippen LogP contribution in [-0.2, 0) is 32.3 Å². The molecule has 280 valence electrons. The normalized spacial score (nSPS) is 17.5. The van der Waals surface area contributed by atoms with Crippen LogP contribution in [0, 0.1) is 11.3 Å². The first-order chi connectivity index (χ1) is 24.5. The number of fused-ring (bicyclic) bond motifs is 1. The lowest BCUT2D eigenvalue weighted by Crippen LogP contribution is -2.36. The molecule has 1 saturated carbocycles. The van der Waals surface area contributed by atoms with Gasteiger partial charge in [-0.25, -0.2) is 4.98 Å². The SMILES string of the molecule is CCC(=O)CCCCC[C@H](NC(=O)[C@H]1CC12CCNCC2)c1ncc(-c2ccc3c(=O)n(CCOCCBr)ccc3c2)n1COCC[Si](C)(C)C. The highest BCUT2D eigenvalue weighted by Gasteiger charge is 2.57. The van der Waals surface area contributed by atoms with Crippen LogP contribution in [0.5, 0.6) is 0 Å². The predicted molar refractivity (Wildman–Crippen MR) is 210 cm³/mol. The number of hydrogen-bond acceptors (Lipinski definition) is 7. The van der Waals surface area contributed by atoms with Crippen molar-refractivity contribution in [3.05, 3.63) is 52.8 Å². The molecule has 0 radical (unpaired) electrons. The topological polar surface area (TPSA) is 116 Å². The Hall–Kier alpha value is -2.64. The Morgan fingerprint density at radius 1 is 1.10 bits per heavy atom. The lowest BCUT2D eigenvalue weighted by atomic mass is 9.91. The number of ether oxygens (including phenoxy) is 2. The molecule has 2 aliphatic rings. The second-order valence-electron chi connectivity index (χ2n) is 15.6. The largest absolute Gasteiger partial charge is 0.379 e. The number of alkyl halides is 1. The van der Waals surface area contributed by atoms with Crippen LogP contribution in [0.3, 0.4) is 0 Å². The molecule has 3 aromatic rings. The number of unbranched alkanes of at least 4 members (excludes halogenated alkanes) is 2. The number of rotatable bonds is 21. The van der Waals surface area contributed by atoms with E-state index in [2.05, 4.69) is 50.8 Å². The van der Waals surface area contributed by atoms with Crippen LogP contribution in [0.25, 0.3) is 22.0 Å². The van der Waals surface area contributed by atoms with Gasteiger partial charge in [-0.2, -0.15) is 0 Å². The molecule has 1 aromatic carbocycles. The van der Waals surface area contributed by atoms with Gasteiger partial charge in [-0.15, -0.1) is 0 Å². The van der Waals surface area contributed by atoms with Crippen LogP contribution in [0.4, 0.5) is 0 Å². The highest BCUT2D eigenvalue weighted by atomic mass is 79.9. The fourth-order valence-corrected chi connectivity index (χ4v) is 8.25. The van der Waals surface area contributed by atoms with Crippen LogP contribution in [0.2, 0.25) is 25.7 Å². The summed E-state index contributed by atoms with van der Waals surface area (Å²) < 4.78 is 15.7. The van der Waals surface area contributed by atoms with Crippen molar-refractivity contribution in [2.45, 2.75) is 110 Å². The Morgan fingerprint density at radius 3 is 2.65 bits per heavy atom. The summed E-state index contributed by atoms with van der Waals surface area (Å²) >= 11 is 3.37. The van der Waals surface area contributed by atoms with Crippen molar-refractivity contribution in [1.82, 2.24) is 24.8 Å². The molecular formula is C39H58BrN5O5Si. The summed E-state index contributed by atoms with van der Waals surface area (Å²) in [5.41, 5.74) is 1.92. The third-order valence-electron chi connectivity index (χ3n) is 10.7. The number of carbonyl (C=O) groups excluding carboxylic acids is 2. The predicted octanol–water partition coefficient (Wildman–Crippen LogP) is 7.07. The standard InChI is InChI=1S/C39H58BrN5O5Si/c1-5-31(46)9-7-6-8-10-34(43-37(47)33-26-39(33)14-17-41-18-15-39)36-42-27-35(45(36)28-50-23-24-51(2,3)4)30-11-12-32-29(25-30)13-19-44(38(32)48)20-22-49-21-16-40/h11-13,19,25,27,33-34,41H,5-10,14-18,20-24,26,28H2,1-4H3,(H,43,47)/t33-,34+/m1/s1. The number of Topliss-reactive ketones (excluding diaryl/α,β-unsaturated/α-hetero) is 1. The highest BCUT2D eigenvalue weighted by molar-refractivity contribution is 9.09. The molecule has 0 unspecified atom stereocenters. The van der Waals surface area contributed by atoms with Crippen LogP contribution in [0.15, 0.2) is 41.5 Å². The zero-order chi connectivity index (χ0) is 36.4. The van der Waals surface area contributed by atoms with E-state index in [0.717, 1.165) is 91.9 Å². The number of imidazole rings is 1. The third-order valence-corrected chi connectivity index (χ3v) is 12.7. The number of halogens is 1. The van der Waals surface area contributed by atoms with Crippen molar-refractivity contribution in [1.29, 1.82) is 0 Å². The minimum atomic E-state index is -1.31. The maximum Gasteiger partial charge on any atom is 0.258 e. The minimum absolute atomic E-state index is 0.0413. The number of hydrogen-bond donors (Lipinski definition) is 2. The first kappa shape index (κ1) is 39.6. The lowest BCUT2D eigenvalue weighted by Gasteiger charge is -2.25. The van der Waals surface area contributed by atoms with E-state index in [1.165, 1.54) is 0 Å². The van der Waals surface area contributed by atoms with E-state index in [1.807, 2.05) is 43.6 Å².